The minimum absolute atomic E-state index is 0.00477. The Balaban J connectivity index is 1.88. The minimum Gasteiger partial charge on any atom is -0.394 e. The number of anilines is 1. The number of nitrogens with zero attached hydrogens (tertiary/aromatic N) is 1. The average Bonchev–Trinajstić information content (AvgIpc) is 2.42. The van der Waals surface area contributed by atoms with Gasteiger partial charge in [0, 0.05) is 18.8 Å². The Morgan fingerprint density at radius 3 is 3.00 bits per heavy atom. The van der Waals surface area contributed by atoms with Crippen LogP contribution in [-0.2, 0) is 9.53 Å². The summed E-state index contributed by atoms with van der Waals surface area (Å²) in [5.41, 5.74) is 3.10. The minimum atomic E-state index is -0.183. The molecule has 1 aromatic carbocycles. The Labute approximate surface area is 119 Å². The molecule has 5 heteroatoms. The second-order valence-corrected chi connectivity index (χ2v) is 5.28. The average molecular weight is 278 g/mol. The summed E-state index contributed by atoms with van der Waals surface area (Å²) in [6.07, 6.45) is -0.183. The molecule has 1 aromatic rings. The van der Waals surface area contributed by atoms with Gasteiger partial charge in [0.1, 0.15) is 0 Å². The third-order valence-corrected chi connectivity index (χ3v) is 3.45. The number of morpholine rings is 1. The van der Waals surface area contributed by atoms with E-state index in [1.54, 1.807) is 0 Å². The molecular weight excluding hydrogens is 256 g/mol. The molecule has 0 aromatic heterocycles. The largest absolute Gasteiger partial charge is 0.394 e. The topological polar surface area (TPSA) is 61.8 Å². The molecular formula is C15H22N2O3. The lowest BCUT2D eigenvalue weighted by Gasteiger charge is -2.31. The number of aliphatic hydroxyl groups is 1. The van der Waals surface area contributed by atoms with Crippen LogP contribution in [0.15, 0.2) is 18.2 Å². The zero-order valence-electron chi connectivity index (χ0n) is 12.1. The summed E-state index contributed by atoms with van der Waals surface area (Å²) in [5.74, 6) is -0.0319. The van der Waals surface area contributed by atoms with Gasteiger partial charge in [0.05, 0.1) is 25.9 Å². The number of aliphatic hydroxyl groups excluding tert-OH is 1. The van der Waals surface area contributed by atoms with E-state index in [1.807, 2.05) is 36.9 Å². The molecule has 1 unspecified atom stereocenters. The molecule has 1 fully saturated rings. The highest BCUT2D eigenvalue weighted by Crippen LogP contribution is 2.16. The summed E-state index contributed by atoms with van der Waals surface area (Å²) in [6, 6.07) is 5.96. The lowest BCUT2D eigenvalue weighted by molar-refractivity contribution is -0.120. The maximum Gasteiger partial charge on any atom is 0.238 e. The molecule has 1 atom stereocenters. The van der Waals surface area contributed by atoms with E-state index < -0.39 is 0 Å². The van der Waals surface area contributed by atoms with Crippen LogP contribution in [0.1, 0.15) is 11.1 Å². The van der Waals surface area contributed by atoms with E-state index in [2.05, 4.69) is 5.32 Å². The van der Waals surface area contributed by atoms with Crippen LogP contribution in [0.2, 0.25) is 0 Å². The quantitative estimate of drug-likeness (QED) is 0.860. The standard InChI is InChI=1S/C15H22N2O3/c1-11-3-4-14(12(2)7-11)16-15(19)9-17-5-6-20-13(8-17)10-18/h3-4,7,13,18H,5-6,8-10H2,1-2H3,(H,16,19). The lowest BCUT2D eigenvalue weighted by atomic mass is 10.1. The summed E-state index contributed by atoms with van der Waals surface area (Å²) < 4.78 is 5.37. The van der Waals surface area contributed by atoms with E-state index in [9.17, 15) is 4.79 Å². The van der Waals surface area contributed by atoms with Gasteiger partial charge in [-0.15, -0.1) is 0 Å². The highest BCUT2D eigenvalue weighted by Gasteiger charge is 2.21. The first-order chi connectivity index (χ1) is 9.58. The zero-order chi connectivity index (χ0) is 14.5. The van der Waals surface area contributed by atoms with Crippen LogP contribution in [0.25, 0.3) is 0 Å². The predicted molar refractivity (Wildman–Crippen MR) is 77.8 cm³/mol. The van der Waals surface area contributed by atoms with Crippen molar-refractivity contribution in [2.75, 3.05) is 38.2 Å². The summed E-state index contributed by atoms with van der Waals surface area (Å²) in [4.78, 5) is 14.1. The van der Waals surface area contributed by atoms with Crippen molar-refractivity contribution < 1.29 is 14.6 Å². The number of hydrogen-bond acceptors (Lipinski definition) is 4. The van der Waals surface area contributed by atoms with Crippen LogP contribution in [0, 0.1) is 13.8 Å². The van der Waals surface area contributed by atoms with Crippen LogP contribution in [0.3, 0.4) is 0 Å². The number of aryl methyl sites for hydroxylation is 2. The van der Waals surface area contributed by atoms with Gasteiger partial charge < -0.3 is 15.2 Å². The summed E-state index contributed by atoms with van der Waals surface area (Å²) in [5, 5.41) is 12.0. The second kappa shape index (κ2) is 6.83. The second-order valence-electron chi connectivity index (χ2n) is 5.28. The fourth-order valence-electron chi connectivity index (χ4n) is 2.38. The summed E-state index contributed by atoms with van der Waals surface area (Å²) in [6.45, 7) is 6.21. The molecule has 5 nitrogen and oxygen atoms in total. The van der Waals surface area contributed by atoms with Gasteiger partial charge in [-0.1, -0.05) is 17.7 Å². The number of amides is 1. The molecule has 20 heavy (non-hydrogen) atoms. The van der Waals surface area contributed by atoms with Crippen molar-refractivity contribution in [1.82, 2.24) is 4.90 Å². The number of carbonyl (C=O) groups is 1. The van der Waals surface area contributed by atoms with Crippen LogP contribution in [-0.4, -0.2) is 54.9 Å². The molecule has 1 amide bonds. The Hall–Kier alpha value is -1.43. The van der Waals surface area contributed by atoms with Crippen molar-refractivity contribution in [2.24, 2.45) is 0 Å². The SMILES string of the molecule is Cc1ccc(NC(=O)CN2CCOC(CO)C2)c(C)c1. The predicted octanol–water partition coefficient (Wildman–Crippen LogP) is 0.935. The van der Waals surface area contributed by atoms with E-state index in [-0.39, 0.29) is 18.6 Å². The van der Waals surface area contributed by atoms with E-state index >= 15 is 0 Å². The first kappa shape index (κ1) is 15.0. The maximum atomic E-state index is 12.1. The van der Waals surface area contributed by atoms with E-state index in [0.29, 0.717) is 19.7 Å². The van der Waals surface area contributed by atoms with Crippen molar-refractivity contribution in [3.05, 3.63) is 29.3 Å². The number of carbonyl (C=O) groups excluding carboxylic acids is 1. The third-order valence-electron chi connectivity index (χ3n) is 3.45. The van der Waals surface area contributed by atoms with Crippen LogP contribution in [0.4, 0.5) is 5.69 Å². The number of benzene rings is 1. The number of nitrogens with one attached hydrogen (secondary N) is 1. The van der Waals surface area contributed by atoms with Crippen molar-refractivity contribution in [3.8, 4) is 0 Å². The van der Waals surface area contributed by atoms with Crippen molar-refractivity contribution >= 4 is 11.6 Å². The van der Waals surface area contributed by atoms with Crippen molar-refractivity contribution in [1.29, 1.82) is 0 Å². The Morgan fingerprint density at radius 1 is 1.50 bits per heavy atom. The Kier molecular flexibility index (Phi) is 5.11. The van der Waals surface area contributed by atoms with Gasteiger partial charge in [-0.25, -0.2) is 0 Å². The zero-order valence-corrected chi connectivity index (χ0v) is 12.1. The summed E-state index contributed by atoms with van der Waals surface area (Å²) >= 11 is 0. The molecule has 0 radical (unpaired) electrons. The molecule has 1 saturated heterocycles. The number of rotatable bonds is 4. The van der Waals surface area contributed by atoms with Gasteiger partial charge in [0.15, 0.2) is 0 Å². The normalized spacial score (nSPS) is 19.9. The molecule has 0 aliphatic carbocycles. The highest BCUT2D eigenvalue weighted by molar-refractivity contribution is 5.93. The van der Waals surface area contributed by atoms with Crippen LogP contribution >= 0.6 is 0 Å². The highest BCUT2D eigenvalue weighted by atomic mass is 16.5. The first-order valence-electron chi connectivity index (χ1n) is 6.90. The van der Waals surface area contributed by atoms with Gasteiger partial charge in [0.25, 0.3) is 0 Å². The Bertz CT molecular complexity index is 476. The Morgan fingerprint density at radius 2 is 2.30 bits per heavy atom. The molecule has 1 heterocycles. The third kappa shape index (κ3) is 4.03. The lowest BCUT2D eigenvalue weighted by Crippen LogP contribution is -2.46. The monoisotopic (exact) mass is 278 g/mol. The van der Waals surface area contributed by atoms with Crippen LogP contribution < -0.4 is 5.32 Å². The molecule has 0 bridgehead atoms. The smallest absolute Gasteiger partial charge is 0.238 e. The molecule has 1 aliphatic rings. The number of hydrogen-bond donors (Lipinski definition) is 2. The van der Waals surface area contributed by atoms with Crippen LogP contribution in [0.5, 0.6) is 0 Å². The van der Waals surface area contributed by atoms with Gasteiger partial charge in [-0.2, -0.15) is 0 Å². The summed E-state index contributed by atoms with van der Waals surface area (Å²) in [7, 11) is 0. The van der Waals surface area contributed by atoms with Crippen molar-refractivity contribution in [3.63, 3.8) is 0 Å². The van der Waals surface area contributed by atoms with Gasteiger partial charge in [0.2, 0.25) is 5.91 Å². The van der Waals surface area contributed by atoms with E-state index in [0.717, 1.165) is 17.8 Å². The first-order valence-corrected chi connectivity index (χ1v) is 6.90. The molecule has 110 valence electrons. The van der Waals surface area contributed by atoms with E-state index in [4.69, 9.17) is 9.84 Å². The molecule has 0 spiro atoms. The maximum absolute atomic E-state index is 12.1. The molecule has 2 N–H and O–H groups in total. The molecule has 2 rings (SSSR count). The van der Waals surface area contributed by atoms with Crippen molar-refractivity contribution in [2.45, 2.75) is 20.0 Å². The van der Waals surface area contributed by atoms with Gasteiger partial charge in [-0.05, 0) is 25.5 Å². The fourth-order valence-corrected chi connectivity index (χ4v) is 2.38. The van der Waals surface area contributed by atoms with Gasteiger partial charge >= 0.3 is 0 Å². The van der Waals surface area contributed by atoms with Gasteiger partial charge in [-0.3, -0.25) is 9.69 Å². The fraction of sp³-hybridized carbons (Fsp3) is 0.533. The molecule has 1 aliphatic heterocycles. The molecule has 0 saturated carbocycles. The van der Waals surface area contributed by atoms with E-state index in [1.165, 1.54) is 5.56 Å². The number of ether oxygens (including phenoxy) is 1.